The van der Waals surface area contributed by atoms with Crippen molar-refractivity contribution in [1.29, 1.82) is 0 Å². The molecule has 0 fully saturated rings. The Hall–Kier alpha value is -1.20. The number of aromatic nitrogens is 4. The molecule has 0 saturated heterocycles. The summed E-state index contributed by atoms with van der Waals surface area (Å²) in [6.45, 7) is 1.21. The summed E-state index contributed by atoms with van der Waals surface area (Å²) >= 11 is 6.14. The Morgan fingerprint density at radius 2 is 2.43 bits per heavy atom. The van der Waals surface area contributed by atoms with Gasteiger partial charge >= 0.3 is 0 Å². The van der Waals surface area contributed by atoms with Gasteiger partial charge in [0.05, 0.1) is 18.9 Å². The smallest absolute Gasteiger partial charge is 0.253 e. The van der Waals surface area contributed by atoms with Crippen LogP contribution in [0.2, 0.25) is 5.15 Å². The number of hydrogen-bond acceptors (Lipinski definition) is 4. The molecule has 3 heterocycles. The summed E-state index contributed by atoms with van der Waals surface area (Å²) in [4.78, 5) is 8.36. The lowest BCUT2D eigenvalue weighted by atomic mass is 10.1. The first-order valence-corrected chi connectivity index (χ1v) is 4.69. The minimum atomic E-state index is 0.511. The second-order valence-corrected chi connectivity index (χ2v) is 3.46. The first-order chi connectivity index (χ1) is 6.86. The maximum absolute atomic E-state index is 6.14. The Morgan fingerprint density at radius 1 is 1.50 bits per heavy atom. The Labute approximate surface area is 84.7 Å². The van der Waals surface area contributed by atoms with E-state index in [2.05, 4.69) is 15.1 Å². The molecular formula is C8H7ClN4O. The van der Waals surface area contributed by atoms with Gasteiger partial charge in [-0.2, -0.15) is 14.6 Å². The van der Waals surface area contributed by atoms with Crippen LogP contribution in [0.25, 0.3) is 5.78 Å². The van der Waals surface area contributed by atoms with Crippen molar-refractivity contribution in [2.45, 2.75) is 13.0 Å². The Balaban J connectivity index is 2.36. The molecule has 2 aromatic heterocycles. The highest BCUT2D eigenvalue weighted by Gasteiger charge is 2.18. The fraction of sp³-hybridized carbons (Fsp3) is 0.375. The third-order valence-electron chi connectivity index (χ3n) is 2.28. The highest BCUT2D eigenvalue weighted by molar-refractivity contribution is 6.30. The van der Waals surface area contributed by atoms with Gasteiger partial charge < -0.3 is 4.74 Å². The molecular weight excluding hydrogens is 204 g/mol. The van der Waals surface area contributed by atoms with Gasteiger partial charge in [-0.25, -0.2) is 4.98 Å². The van der Waals surface area contributed by atoms with Gasteiger partial charge in [-0.1, -0.05) is 11.6 Å². The van der Waals surface area contributed by atoms with Crippen LogP contribution in [-0.4, -0.2) is 26.2 Å². The normalized spacial score (nSPS) is 15.8. The Bertz CT molecular complexity index is 495. The summed E-state index contributed by atoms with van der Waals surface area (Å²) in [6, 6.07) is 0. The summed E-state index contributed by atoms with van der Waals surface area (Å²) in [5, 5.41) is 4.54. The molecule has 1 aliphatic rings. The van der Waals surface area contributed by atoms with E-state index < -0.39 is 0 Å². The van der Waals surface area contributed by atoms with Crippen molar-refractivity contribution in [3.63, 3.8) is 0 Å². The quantitative estimate of drug-likeness (QED) is 0.605. The van der Waals surface area contributed by atoms with Gasteiger partial charge in [-0.15, -0.1) is 0 Å². The van der Waals surface area contributed by atoms with Gasteiger partial charge in [0.1, 0.15) is 11.5 Å². The van der Waals surface area contributed by atoms with E-state index in [1.54, 1.807) is 0 Å². The van der Waals surface area contributed by atoms with Crippen LogP contribution in [0.3, 0.4) is 0 Å². The molecule has 0 atom stereocenters. The summed E-state index contributed by atoms with van der Waals surface area (Å²) < 4.78 is 6.84. The molecule has 14 heavy (non-hydrogen) atoms. The van der Waals surface area contributed by atoms with Crippen LogP contribution in [0.5, 0.6) is 0 Å². The summed E-state index contributed by atoms with van der Waals surface area (Å²) in [7, 11) is 0. The zero-order chi connectivity index (χ0) is 9.54. The fourth-order valence-corrected chi connectivity index (χ4v) is 1.86. The van der Waals surface area contributed by atoms with E-state index in [0.29, 0.717) is 24.1 Å². The van der Waals surface area contributed by atoms with E-state index >= 15 is 0 Å². The number of ether oxygens (including phenoxy) is 1. The molecule has 0 spiro atoms. The van der Waals surface area contributed by atoms with Crippen molar-refractivity contribution in [3.05, 3.63) is 22.7 Å². The summed E-state index contributed by atoms with van der Waals surface area (Å²) in [6.07, 6.45) is 2.24. The number of fused-ring (bicyclic) bond motifs is 2. The van der Waals surface area contributed by atoms with Crippen LogP contribution in [0.4, 0.5) is 0 Å². The molecule has 0 saturated carbocycles. The molecule has 1 aliphatic heterocycles. The molecule has 72 valence electrons. The summed E-state index contributed by atoms with van der Waals surface area (Å²) in [5.41, 5.74) is 1.90. The standard InChI is InChI=1S/C8H7ClN4O/c9-7-5-3-14-2-1-6(5)12-8-10-4-11-13(7)8/h4H,1-3H2. The van der Waals surface area contributed by atoms with E-state index in [1.807, 2.05) is 0 Å². The fourth-order valence-electron chi connectivity index (χ4n) is 1.58. The third kappa shape index (κ3) is 1.03. The van der Waals surface area contributed by atoms with Crippen molar-refractivity contribution >= 4 is 17.4 Å². The SMILES string of the molecule is Clc1c2c(nc3ncnn13)CCOC2. The molecule has 0 aromatic carbocycles. The molecule has 0 N–H and O–H groups in total. The van der Waals surface area contributed by atoms with Crippen LogP contribution >= 0.6 is 11.6 Å². The molecule has 0 unspecified atom stereocenters. The van der Waals surface area contributed by atoms with Crippen LogP contribution in [0.1, 0.15) is 11.3 Å². The average Bonchev–Trinajstić information content (AvgIpc) is 2.66. The minimum absolute atomic E-state index is 0.511. The van der Waals surface area contributed by atoms with E-state index in [0.717, 1.165) is 17.7 Å². The van der Waals surface area contributed by atoms with Gasteiger partial charge in [0.2, 0.25) is 0 Å². The zero-order valence-electron chi connectivity index (χ0n) is 7.27. The van der Waals surface area contributed by atoms with Gasteiger partial charge in [0, 0.05) is 12.0 Å². The van der Waals surface area contributed by atoms with Crippen molar-refractivity contribution in [2.24, 2.45) is 0 Å². The predicted molar refractivity (Wildman–Crippen MR) is 49.2 cm³/mol. The Kier molecular flexibility index (Phi) is 1.68. The summed E-state index contributed by atoms with van der Waals surface area (Å²) in [5.74, 6) is 0.552. The monoisotopic (exact) mass is 210 g/mol. The molecule has 2 aromatic rings. The lowest BCUT2D eigenvalue weighted by Crippen LogP contribution is -2.14. The van der Waals surface area contributed by atoms with E-state index in [4.69, 9.17) is 16.3 Å². The maximum atomic E-state index is 6.14. The van der Waals surface area contributed by atoms with Gasteiger partial charge in [-0.05, 0) is 0 Å². The molecule has 0 aliphatic carbocycles. The van der Waals surface area contributed by atoms with E-state index in [9.17, 15) is 0 Å². The molecule has 3 rings (SSSR count). The van der Waals surface area contributed by atoms with Crippen LogP contribution in [0, 0.1) is 0 Å². The Morgan fingerprint density at radius 3 is 3.36 bits per heavy atom. The van der Waals surface area contributed by atoms with E-state index in [-0.39, 0.29) is 0 Å². The zero-order valence-corrected chi connectivity index (χ0v) is 8.03. The van der Waals surface area contributed by atoms with Gasteiger partial charge in [0.25, 0.3) is 5.78 Å². The van der Waals surface area contributed by atoms with Crippen molar-refractivity contribution in [1.82, 2.24) is 19.6 Å². The number of nitrogens with zero attached hydrogens (tertiary/aromatic N) is 4. The van der Waals surface area contributed by atoms with Crippen LogP contribution in [-0.2, 0) is 17.8 Å². The minimum Gasteiger partial charge on any atom is -0.376 e. The lowest BCUT2D eigenvalue weighted by Gasteiger charge is -2.16. The first-order valence-electron chi connectivity index (χ1n) is 4.31. The van der Waals surface area contributed by atoms with Gasteiger partial charge in [0.15, 0.2) is 0 Å². The molecule has 5 nitrogen and oxygen atoms in total. The third-order valence-corrected chi connectivity index (χ3v) is 2.67. The number of hydrogen-bond donors (Lipinski definition) is 0. The van der Waals surface area contributed by atoms with Crippen molar-refractivity contribution in [2.75, 3.05) is 6.61 Å². The van der Waals surface area contributed by atoms with E-state index in [1.165, 1.54) is 10.8 Å². The van der Waals surface area contributed by atoms with Gasteiger partial charge in [-0.3, -0.25) is 0 Å². The van der Waals surface area contributed by atoms with Crippen LogP contribution < -0.4 is 0 Å². The molecule has 0 bridgehead atoms. The predicted octanol–water partition coefficient (Wildman–Crippen LogP) is 0.850. The van der Waals surface area contributed by atoms with Crippen molar-refractivity contribution < 1.29 is 4.74 Å². The molecule has 6 heteroatoms. The highest BCUT2D eigenvalue weighted by atomic mass is 35.5. The highest BCUT2D eigenvalue weighted by Crippen LogP contribution is 2.23. The topological polar surface area (TPSA) is 52.3 Å². The second kappa shape index (κ2) is 2.90. The maximum Gasteiger partial charge on any atom is 0.253 e. The second-order valence-electron chi connectivity index (χ2n) is 3.10. The average molecular weight is 211 g/mol. The number of rotatable bonds is 0. The first kappa shape index (κ1) is 8.14. The largest absolute Gasteiger partial charge is 0.376 e. The van der Waals surface area contributed by atoms with Crippen molar-refractivity contribution in [3.8, 4) is 0 Å². The van der Waals surface area contributed by atoms with Crippen LogP contribution in [0.15, 0.2) is 6.33 Å². The molecule has 0 amide bonds. The molecule has 0 radical (unpaired) electrons. The number of halogens is 1. The lowest BCUT2D eigenvalue weighted by molar-refractivity contribution is 0.109.